The standard InChI is InChI=1S/C29H43NO2/c1-6-19-32-30-23(4)10-7-9-22(3)27-16-17-28-24(11-8-18-29(27,28)5)13-14-25-20-26(31)15-12-21(25)2/h6,13-14,16,22,26,28,31H,1-2,7-12,15,17-20H2,3-5H3/b24-13+,25-14-,30-23-. The first-order valence-corrected chi connectivity index (χ1v) is 12.6. The molecule has 2 fully saturated rings. The number of rotatable bonds is 9. The fraction of sp³-hybridized carbons (Fsp3) is 0.621. The van der Waals surface area contributed by atoms with Crippen LogP contribution in [0.1, 0.15) is 85.0 Å². The van der Waals surface area contributed by atoms with E-state index in [1.165, 1.54) is 43.3 Å². The van der Waals surface area contributed by atoms with Crippen LogP contribution >= 0.6 is 0 Å². The first-order chi connectivity index (χ1) is 15.3. The lowest BCUT2D eigenvalue weighted by Crippen LogP contribution is -2.32. The van der Waals surface area contributed by atoms with Gasteiger partial charge in [0.15, 0.2) is 0 Å². The van der Waals surface area contributed by atoms with Crippen molar-refractivity contribution in [3.05, 3.63) is 59.8 Å². The van der Waals surface area contributed by atoms with Crippen LogP contribution in [0.3, 0.4) is 0 Å². The highest BCUT2D eigenvalue weighted by atomic mass is 16.6. The molecule has 0 aliphatic heterocycles. The Bertz CT molecular complexity index is 815. The summed E-state index contributed by atoms with van der Waals surface area (Å²) in [4.78, 5) is 5.21. The van der Waals surface area contributed by atoms with Crippen molar-refractivity contribution in [2.24, 2.45) is 22.4 Å². The Hall–Kier alpha value is -1.87. The van der Waals surface area contributed by atoms with E-state index in [0.717, 1.165) is 37.8 Å². The second-order valence-electron chi connectivity index (χ2n) is 10.4. The molecule has 0 radical (unpaired) electrons. The number of aliphatic hydroxyl groups excluding tert-OH is 1. The average Bonchev–Trinajstić information content (AvgIpc) is 3.12. The molecule has 3 nitrogen and oxygen atoms in total. The van der Waals surface area contributed by atoms with Crippen LogP contribution in [0.2, 0.25) is 0 Å². The number of allylic oxidation sites excluding steroid dienone is 6. The number of nitrogens with zero attached hydrogens (tertiary/aromatic N) is 1. The Morgan fingerprint density at radius 3 is 2.97 bits per heavy atom. The van der Waals surface area contributed by atoms with Gasteiger partial charge in [-0.2, -0.15) is 0 Å². The predicted molar refractivity (Wildman–Crippen MR) is 136 cm³/mol. The Balaban J connectivity index is 1.61. The van der Waals surface area contributed by atoms with Gasteiger partial charge in [-0.25, -0.2) is 0 Å². The van der Waals surface area contributed by atoms with Crippen molar-refractivity contribution in [3.63, 3.8) is 0 Å². The molecule has 4 atom stereocenters. The minimum Gasteiger partial charge on any atom is -0.393 e. The Labute approximate surface area is 195 Å². The van der Waals surface area contributed by atoms with Crippen LogP contribution in [-0.2, 0) is 4.84 Å². The molecule has 0 bridgehead atoms. The van der Waals surface area contributed by atoms with Crippen LogP contribution in [-0.4, -0.2) is 23.5 Å². The van der Waals surface area contributed by atoms with Gasteiger partial charge in [0.05, 0.1) is 11.8 Å². The summed E-state index contributed by atoms with van der Waals surface area (Å²) in [6.45, 7) is 15.3. The summed E-state index contributed by atoms with van der Waals surface area (Å²) in [6, 6.07) is 0. The third-order valence-corrected chi connectivity index (χ3v) is 7.92. The number of fused-ring (bicyclic) bond motifs is 1. The molecule has 3 aliphatic carbocycles. The summed E-state index contributed by atoms with van der Waals surface area (Å²) in [5, 5.41) is 14.2. The maximum atomic E-state index is 10.1. The van der Waals surface area contributed by atoms with Gasteiger partial charge in [0.1, 0.15) is 6.61 Å². The van der Waals surface area contributed by atoms with E-state index in [1.807, 2.05) is 6.92 Å². The molecule has 0 aromatic rings. The van der Waals surface area contributed by atoms with E-state index in [2.05, 4.69) is 50.4 Å². The molecule has 3 aliphatic rings. The van der Waals surface area contributed by atoms with Crippen molar-refractivity contribution < 1.29 is 9.94 Å². The normalized spacial score (nSPS) is 32.1. The molecule has 0 saturated heterocycles. The van der Waals surface area contributed by atoms with E-state index in [9.17, 15) is 5.11 Å². The first-order valence-electron chi connectivity index (χ1n) is 12.6. The largest absolute Gasteiger partial charge is 0.393 e. The minimum atomic E-state index is -0.204. The van der Waals surface area contributed by atoms with Crippen LogP contribution < -0.4 is 0 Å². The summed E-state index contributed by atoms with van der Waals surface area (Å²) in [6.07, 6.45) is 19.5. The van der Waals surface area contributed by atoms with Gasteiger partial charge in [-0.05, 0) is 94.0 Å². The Kier molecular flexibility index (Phi) is 8.76. The molecule has 176 valence electrons. The summed E-state index contributed by atoms with van der Waals surface area (Å²) < 4.78 is 0. The molecule has 4 unspecified atom stereocenters. The lowest BCUT2D eigenvalue weighted by atomic mass is 9.62. The van der Waals surface area contributed by atoms with Crippen LogP contribution in [0.4, 0.5) is 0 Å². The van der Waals surface area contributed by atoms with Gasteiger partial charge in [-0.15, -0.1) is 0 Å². The predicted octanol–water partition coefficient (Wildman–Crippen LogP) is 7.46. The molecule has 3 heteroatoms. The quantitative estimate of drug-likeness (QED) is 0.176. The number of hydrogen-bond acceptors (Lipinski definition) is 3. The second-order valence-corrected chi connectivity index (χ2v) is 10.4. The van der Waals surface area contributed by atoms with Crippen molar-refractivity contribution >= 4 is 5.71 Å². The Morgan fingerprint density at radius 2 is 2.19 bits per heavy atom. The van der Waals surface area contributed by atoms with Gasteiger partial charge in [0, 0.05) is 0 Å². The van der Waals surface area contributed by atoms with Crippen molar-refractivity contribution in [1.29, 1.82) is 0 Å². The Morgan fingerprint density at radius 1 is 1.38 bits per heavy atom. The lowest BCUT2D eigenvalue weighted by Gasteiger charge is -2.42. The molecule has 0 heterocycles. The lowest BCUT2D eigenvalue weighted by molar-refractivity contribution is 0.158. The maximum absolute atomic E-state index is 10.1. The highest BCUT2D eigenvalue weighted by Gasteiger charge is 2.45. The zero-order valence-electron chi connectivity index (χ0n) is 20.5. The van der Waals surface area contributed by atoms with Gasteiger partial charge in [-0.3, -0.25) is 0 Å². The fourth-order valence-electron chi connectivity index (χ4n) is 6.08. The van der Waals surface area contributed by atoms with E-state index >= 15 is 0 Å². The second kappa shape index (κ2) is 11.3. The van der Waals surface area contributed by atoms with Gasteiger partial charge in [-0.1, -0.05) is 73.2 Å². The van der Waals surface area contributed by atoms with Crippen LogP contribution in [0.25, 0.3) is 0 Å². The van der Waals surface area contributed by atoms with Gasteiger partial charge in [0.2, 0.25) is 0 Å². The molecule has 32 heavy (non-hydrogen) atoms. The zero-order valence-corrected chi connectivity index (χ0v) is 20.5. The third kappa shape index (κ3) is 5.92. The monoisotopic (exact) mass is 437 g/mol. The van der Waals surface area contributed by atoms with Crippen molar-refractivity contribution in [2.75, 3.05) is 6.61 Å². The molecule has 1 N–H and O–H groups in total. The highest BCUT2D eigenvalue weighted by molar-refractivity contribution is 5.81. The summed E-state index contributed by atoms with van der Waals surface area (Å²) >= 11 is 0. The van der Waals surface area contributed by atoms with Crippen LogP contribution in [0.5, 0.6) is 0 Å². The van der Waals surface area contributed by atoms with E-state index in [1.54, 1.807) is 17.2 Å². The highest BCUT2D eigenvalue weighted by Crippen LogP contribution is 2.57. The summed E-state index contributed by atoms with van der Waals surface area (Å²) in [5.74, 6) is 1.24. The molecule has 2 saturated carbocycles. The smallest absolute Gasteiger partial charge is 0.135 e. The average molecular weight is 438 g/mol. The number of aliphatic hydroxyl groups is 1. The van der Waals surface area contributed by atoms with Gasteiger partial charge < -0.3 is 9.94 Å². The first kappa shape index (κ1) is 24.8. The maximum Gasteiger partial charge on any atom is 0.135 e. The van der Waals surface area contributed by atoms with E-state index < -0.39 is 0 Å². The zero-order chi connectivity index (χ0) is 23.1. The van der Waals surface area contributed by atoms with Crippen LogP contribution in [0, 0.1) is 17.3 Å². The van der Waals surface area contributed by atoms with Gasteiger partial charge >= 0.3 is 0 Å². The fourth-order valence-corrected chi connectivity index (χ4v) is 6.08. The molecule has 0 amide bonds. The SMILES string of the molecule is C=CCO/N=C(/C)CCCC(C)C1=CCC2/C(=C/C=C3/CC(O)CCC3=C)CCCC12C. The topological polar surface area (TPSA) is 41.8 Å². The third-order valence-electron chi connectivity index (χ3n) is 7.92. The van der Waals surface area contributed by atoms with Gasteiger partial charge in [0.25, 0.3) is 0 Å². The van der Waals surface area contributed by atoms with E-state index in [0.29, 0.717) is 23.9 Å². The molecule has 0 aromatic carbocycles. The summed E-state index contributed by atoms with van der Waals surface area (Å²) in [5.41, 5.74) is 7.08. The number of oxime groups is 1. The minimum absolute atomic E-state index is 0.204. The van der Waals surface area contributed by atoms with Crippen molar-refractivity contribution in [3.8, 4) is 0 Å². The van der Waals surface area contributed by atoms with Crippen molar-refractivity contribution in [2.45, 2.75) is 91.1 Å². The van der Waals surface area contributed by atoms with E-state index in [4.69, 9.17) is 4.84 Å². The van der Waals surface area contributed by atoms with Crippen molar-refractivity contribution in [1.82, 2.24) is 0 Å². The molecule has 3 rings (SSSR count). The molecule has 0 spiro atoms. The molecular weight excluding hydrogens is 394 g/mol. The summed E-state index contributed by atoms with van der Waals surface area (Å²) in [7, 11) is 0. The molecular formula is C29H43NO2. The van der Waals surface area contributed by atoms with Crippen LogP contribution in [0.15, 0.2) is 64.9 Å². The molecule has 0 aromatic heterocycles. The van der Waals surface area contributed by atoms with E-state index in [-0.39, 0.29) is 6.10 Å². The number of hydrogen-bond donors (Lipinski definition) is 1.